The predicted molar refractivity (Wildman–Crippen MR) is 69.8 cm³/mol. The SMILES string of the molecule is Cc1nc(CSc2ccc(N)cn2)sc1C. The number of nitrogens with zero attached hydrogens (tertiary/aromatic N) is 2. The van der Waals surface area contributed by atoms with E-state index >= 15 is 0 Å². The highest BCUT2D eigenvalue weighted by atomic mass is 32.2. The first-order valence-electron chi connectivity index (χ1n) is 4.92. The standard InChI is InChI=1S/C11H13N3S2/c1-7-8(2)16-11(14-7)6-15-10-4-3-9(12)5-13-10/h3-5H,6,12H2,1-2H3. The minimum absolute atomic E-state index is 0.699. The van der Waals surface area contributed by atoms with Gasteiger partial charge < -0.3 is 5.73 Å². The third kappa shape index (κ3) is 2.74. The first-order chi connectivity index (χ1) is 7.65. The largest absolute Gasteiger partial charge is 0.397 e. The van der Waals surface area contributed by atoms with Crippen molar-refractivity contribution < 1.29 is 0 Å². The maximum atomic E-state index is 5.58. The van der Waals surface area contributed by atoms with Gasteiger partial charge in [-0.3, -0.25) is 0 Å². The van der Waals surface area contributed by atoms with Gasteiger partial charge in [-0.25, -0.2) is 9.97 Å². The van der Waals surface area contributed by atoms with Crippen LogP contribution in [0.25, 0.3) is 0 Å². The average Bonchev–Trinajstić information content (AvgIpc) is 2.58. The number of hydrogen-bond donors (Lipinski definition) is 1. The number of nitrogens with two attached hydrogens (primary N) is 1. The number of rotatable bonds is 3. The van der Waals surface area contributed by atoms with Crippen molar-refractivity contribution in [3.05, 3.63) is 33.9 Å². The molecule has 0 atom stereocenters. The highest BCUT2D eigenvalue weighted by Crippen LogP contribution is 2.25. The summed E-state index contributed by atoms with van der Waals surface area (Å²) >= 11 is 3.44. The van der Waals surface area contributed by atoms with Crippen LogP contribution in [0.3, 0.4) is 0 Å². The van der Waals surface area contributed by atoms with E-state index < -0.39 is 0 Å². The molecule has 0 aliphatic rings. The lowest BCUT2D eigenvalue weighted by molar-refractivity contribution is 1.12. The number of aryl methyl sites for hydroxylation is 2. The summed E-state index contributed by atoms with van der Waals surface area (Å²) in [4.78, 5) is 10.0. The van der Waals surface area contributed by atoms with Gasteiger partial charge in [0.05, 0.1) is 28.4 Å². The van der Waals surface area contributed by atoms with Gasteiger partial charge in [0.1, 0.15) is 5.01 Å². The predicted octanol–water partition coefficient (Wildman–Crippen LogP) is 3.03. The van der Waals surface area contributed by atoms with Crippen LogP contribution in [-0.4, -0.2) is 9.97 Å². The van der Waals surface area contributed by atoms with Crippen LogP contribution in [0.2, 0.25) is 0 Å². The van der Waals surface area contributed by atoms with Crippen molar-refractivity contribution in [1.82, 2.24) is 9.97 Å². The highest BCUT2D eigenvalue weighted by Gasteiger charge is 2.04. The number of aromatic nitrogens is 2. The van der Waals surface area contributed by atoms with Gasteiger partial charge in [0.25, 0.3) is 0 Å². The fraction of sp³-hybridized carbons (Fsp3) is 0.273. The molecule has 0 bridgehead atoms. The Labute approximate surface area is 103 Å². The molecule has 16 heavy (non-hydrogen) atoms. The van der Waals surface area contributed by atoms with Gasteiger partial charge in [0.2, 0.25) is 0 Å². The van der Waals surface area contributed by atoms with Crippen LogP contribution < -0.4 is 5.73 Å². The van der Waals surface area contributed by atoms with Gasteiger partial charge in [-0.05, 0) is 26.0 Å². The molecule has 2 rings (SSSR count). The second-order valence-corrected chi connectivity index (χ2v) is 5.75. The number of hydrogen-bond acceptors (Lipinski definition) is 5. The Kier molecular flexibility index (Phi) is 3.46. The van der Waals surface area contributed by atoms with Gasteiger partial charge in [0, 0.05) is 4.88 Å². The van der Waals surface area contributed by atoms with Crippen LogP contribution in [0.5, 0.6) is 0 Å². The van der Waals surface area contributed by atoms with E-state index in [0.29, 0.717) is 5.69 Å². The molecule has 5 heteroatoms. The molecule has 0 aliphatic heterocycles. The summed E-state index contributed by atoms with van der Waals surface area (Å²) in [6.07, 6.45) is 1.68. The Balaban J connectivity index is 1.99. The molecule has 0 saturated carbocycles. The van der Waals surface area contributed by atoms with E-state index in [9.17, 15) is 0 Å². The van der Waals surface area contributed by atoms with Crippen molar-refractivity contribution in [2.75, 3.05) is 5.73 Å². The van der Waals surface area contributed by atoms with Crippen molar-refractivity contribution in [2.24, 2.45) is 0 Å². The zero-order valence-corrected chi connectivity index (χ0v) is 10.9. The summed E-state index contributed by atoms with van der Waals surface area (Å²) in [5.74, 6) is 0.871. The minimum atomic E-state index is 0.699. The molecule has 84 valence electrons. The lowest BCUT2D eigenvalue weighted by Crippen LogP contribution is -1.87. The second-order valence-electron chi connectivity index (χ2n) is 3.47. The summed E-state index contributed by atoms with van der Waals surface area (Å²) in [5, 5.41) is 2.14. The Morgan fingerprint density at radius 2 is 2.19 bits per heavy atom. The summed E-state index contributed by atoms with van der Waals surface area (Å²) in [6.45, 7) is 4.14. The molecule has 2 heterocycles. The van der Waals surface area contributed by atoms with E-state index in [1.165, 1.54) is 4.88 Å². The van der Waals surface area contributed by atoms with Crippen molar-refractivity contribution in [1.29, 1.82) is 0 Å². The lowest BCUT2D eigenvalue weighted by Gasteiger charge is -1.98. The molecule has 0 unspecified atom stereocenters. The van der Waals surface area contributed by atoms with Crippen LogP contribution in [0.4, 0.5) is 5.69 Å². The first kappa shape index (κ1) is 11.4. The number of nitrogen functional groups attached to an aromatic ring is 1. The molecule has 0 saturated heterocycles. The third-order valence-corrected chi connectivity index (χ3v) is 4.39. The zero-order valence-electron chi connectivity index (χ0n) is 9.23. The van der Waals surface area contributed by atoms with Gasteiger partial charge in [-0.2, -0.15) is 0 Å². The average molecular weight is 251 g/mol. The highest BCUT2D eigenvalue weighted by molar-refractivity contribution is 7.98. The molecule has 3 nitrogen and oxygen atoms in total. The van der Waals surface area contributed by atoms with E-state index in [2.05, 4.69) is 16.9 Å². The maximum absolute atomic E-state index is 5.58. The third-order valence-electron chi connectivity index (χ3n) is 2.18. The zero-order chi connectivity index (χ0) is 11.5. The minimum Gasteiger partial charge on any atom is -0.397 e. The fourth-order valence-corrected chi connectivity index (χ4v) is 2.98. The van der Waals surface area contributed by atoms with Crippen molar-refractivity contribution >= 4 is 28.8 Å². The molecular weight excluding hydrogens is 238 g/mol. The number of thiazole rings is 1. The van der Waals surface area contributed by atoms with E-state index in [-0.39, 0.29) is 0 Å². The van der Waals surface area contributed by atoms with Gasteiger partial charge >= 0.3 is 0 Å². The van der Waals surface area contributed by atoms with E-state index in [4.69, 9.17) is 5.73 Å². The molecule has 0 aromatic carbocycles. The van der Waals surface area contributed by atoms with Gasteiger partial charge in [-0.15, -0.1) is 11.3 Å². The van der Waals surface area contributed by atoms with Crippen LogP contribution >= 0.6 is 23.1 Å². The number of pyridine rings is 1. The molecule has 2 aromatic heterocycles. The first-order valence-corrected chi connectivity index (χ1v) is 6.72. The quantitative estimate of drug-likeness (QED) is 0.852. The monoisotopic (exact) mass is 251 g/mol. The van der Waals surface area contributed by atoms with Crippen LogP contribution in [0, 0.1) is 13.8 Å². The molecule has 0 aliphatic carbocycles. The number of thioether (sulfide) groups is 1. The van der Waals surface area contributed by atoms with Crippen molar-refractivity contribution in [3.8, 4) is 0 Å². The van der Waals surface area contributed by atoms with E-state index in [1.54, 1.807) is 29.3 Å². The fourth-order valence-electron chi connectivity index (χ4n) is 1.21. The summed E-state index contributed by atoms with van der Waals surface area (Å²) in [6, 6.07) is 3.81. The Bertz CT molecular complexity index is 457. The molecule has 0 radical (unpaired) electrons. The summed E-state index contributed by atoms with van der Waals surface area (Å²) in [7, 11) is 0. The van der Waals surface area contributed by atoms with Crippen LogP contribution in [0.15, 0.2) is 23.4 Å². The topological polar surface area (TPSA) is 51.8 Å². The molecule has 0 amide bonds. The Hall–Kier alpha value is -1.07. The van der Waals surface area contributed by atoms with Crippen LogP contribution in [0.1, 0.15) is 15.6 Å². The van der Waals surface area contributed by atoms with Gasteiger partial charge in [0.15, 0.2) is 0 Å². The second kappa shape index (κ2) is 4.84. The molecular formula is C11H13N3S2. The molecule has 0 spiro atoms. The summed E-state index contributed by atoms with van der Waals surface area (Å²) < 4.78 is 0. The van der Waals surface area contributed by atoms with E-state index in [1.807, 2.05) is 19.1 Å². The normalized spacial score (nSPS) is 10.6. The van der Waals surface area contributed by atoms with Gasteiger partial charge in [-0.1, -0.05) is 11.8 Å². The molecule has 2 N–H and O–H groups in total. The van der Waals surface area contributed by atoms with Crippen molar-refractivity contribution in [3.63, 3.8) is 0 Å². The Morgan fingerprint density at radius 3 is 2.75 bits per heavy atom. The number of anilines is 1. The van der Waals surface area contributed by atoms with E-state index in [0.717, 1.165) is 21.5 Å². The lowest BCUT2D eigenvalue weighted by atomic mass is 10.4. The van der Waals surface area contributed by atoms with Crippen molar-refractivity contribution in [2.45, 2.75) is 24.6 Å². The Morgan fingerprint density at radius 1 is 1.38 bits per heavy atom. The summed E-state index contributed by atoms with van der Waals surface area (Å²) in [5.41, 5.74) is 7.40. The van der Waals surface area contributed by atoms with Crippen LogP contribution in [-0.2, 0) is 5.75 Å². The smallest absolute Gasteiger partial charge is 0.103 e. The molecule has 0 fully saturated rings. The maximum Gasteiger partial charge on any atom is 0.103 e. The molecule has 2 aromatic rings.